The van der Waals surface area contributed by atoms with Gasteiger partial charge in [0.15, 0.2) is 0 Å². The van der Waals surface area contributed by atoms with E-state index < -0.39 is 7.60 Å². The summed E-state index contributed by atoms with van der Waals surface area (Å²) in [5.74, 6) is 0. The molecule has 3 nitrogen and oxygen atoms in total. The normalized spacial score (nSPS) is 16.3. The van der Waals surface area contributed by atoms with Gasteiger partial charge in [-0.15, -0.1) is 0 Å². The van der Waals surface area contributed by atoms with Gasteiger partial charge < -0.3 is 9.05 Å². The first-order valence-electron chi connectivity index (χ1n) is 2.72. The zero-order valence-electron chi connectivity index (χ0n) is 5.96. The standard InChI is InChI=1S/C5H10BrO3P/c1-4-9-10(7,8-3)5(2)6/h2,4H2,1,3H3. The van der Waals surface area contributed by atoms with Crippen molar-refractivity contribution in [3.05, 3.63) is 10.8 Å². The summed E-state index contributed by atoms with van der Waals surface area (Å²) in [4.78, 5) is 0. The summed E-state index contributed by atoms with van der Waals surface area (Å²) >= 11 is 2.95. The van der Waals surface area contributed by atoms with E-state index in [9.17, 15) is 4.57 Å². The maximum absolute atomic E-state index is 11.3. The monoisotopic (exact) mass is 228 g/mol. The second kappa shape index (κ2) is 4.29. The summed E-state index contributed by atoms with van der Waals surface area (Å²) in [6, 6.07) is 0. The summed E-state index contributed by atoms with van der Waals surface area (Å²) in [7, 11) is -1.73. The predicted molar refractivity (Wildman–Crippen MR) is 44.3 cm³/mol. The molecule has 0 aromatic carbocycles. The first-order valence-corrected chi connectivity index (χ1v) is 5.05. The van der Waals surface area contributed by atoms with E-state index in [-0.39, 0.29) is 4.22 Å². The van der Waals surface area contributed by atoms with Crippen molar-refractivity contribution in [1.29, 1.82) is 0 Å². The topological polar surface area (TPSA) is 35.5 Å². The van der Waals surface area contributed by atoms with Crippen LogP contribution in [0.2, 0.25) is 0 Å². The van der Waals surface area contributed by atoms with Crippen molar-refractivity contribution in [1.82, 2.24) is 0 Å². The van der Waals surface area contributed by atoms with E-state index in [1.807, 2.05) is 0 Å². The number of hydrogen-bond acceptors (Lipinski definition) is 3. The van der Waals surface area contributed by atoms with Crippen LogP contribution in [-0.4, -0.2) is 13.7 Å². The molecule has 60 valence electrons. The molecule has 0 amide bonds. The van der Waals surface area contributed by atoms with E-state index in [0.717, 1.165) is 0 Å². The SMILES string of the molecule is C=C(Br)P(=O)(OC)OCC. The van der Waals surface area contributed by atoms with Gasteiger partial charge in [-0.25, -0.2) is 0 Å². The molecule has 0 spiro atoms. The minimum Gasteiger partial charge on any atom is -0.308 e. The summed E-state index contributed by atoms with van der Waals surface area (Å²) in [5.41, 5.74) is 0. The first kappa shape index (κ1) is 10.4. The van der Waals surface area contributed by atoms with Crippen LogP contribution < -0.4 is 0 Å². The minimum absolute atomic E-state index is 0.254. The molecule has 0 saturated heterocycles. The van der Waals surface area contributed by atoms with Gasteiger partial charge in [0.2, 0.25) is 0 Å². The fraction of sp³-hybridized carbons (Fsp3) is 0.600. The molecule has 0 fully saturated rings. The molecule has 0 aliphatic heterocycles. The van der Waals surface area contributed by atoms with Gasteiger partial charge in [0.05, 0.1) is 10.8 Å². The Balaban J connectivity index is 4.25. The van der Waals surface area contributed by atoms with Crippen molar-refractivity contribution in [2.24, 2.45) is 0 Å². The molecule has 0 heterocycles. The highest BCUT2D eigenvalue weighted by Crippen LogP contribution is 2.56. The quantitative estimate of drug-likeness (QED) is 0.695. The minimum atomic E-state index is -3.05. The van der Waals surface area contributed by atoms with Crippen LogP contribution in [0.4, 0.5) is 0 Å². The van der Waals surface area contributed by atoms with E-state index in [2.05, 4.69) is 27.0 Å². The lowest BCUT2D eigenvalue weighted by atomic mass is 10.9. The zero-order chi connectivity index (χ0) is 8.20. The number of hydrogen-bond donors (Lipinski definition) is 0. The molecule has 1 unspecified atom stereocenters. The second-order valence-corrected chi connectivity index (χ2v) is 5.20. The van der Waals surface area contributed by atoms with Crippen molar-refractivity contribution in [3.8, 4) is 0 Å². The van der Waals surface area contributed by atoms with E-state index in [0.29, 0.717) is 6.61 Å². The van der Waals surface area contributed by atoms with Gasteiger partial charge in [-0.1, -0.05) is 6.58 Å². The Morgan fingerprint density at radius 3 is 2.40 bits per heavy atom. The fourth-order valence-corrected chi connectivity index (χ4v) is 1.92. The third-order valence-electron chi connectivity index (χ3n) is 0.837. The lowest BCUT2D eigenvalue weighted by Crippen LogP contribution is -1.90. The highest BCUT2D eigenvalue weighted by Gasteiger charge is 2.24. The Hall–Kier alpha value is 0.370. The maximum atomic E-state index is 11.3. The van der Waals surface area contributed by atoms with Crippen molar-refractivity contribution in [2.75, 3.05) is 13.7 Å². The Labute approximate surface area is 69.1 Å². The van der Waals surface area contributed by atoms with E-state index >= 15 is 0 Å². The fourth-order valence-electron chi connectivity index (χ4n) is 0.392. The van der Waals surface area contributed by atoms with Crippen LogP contribution in [0.5, 0.6) is 0 Å². The molecule has 0 saturated carbocycles. The third-order valence-corrected chi connectivity index (χ3v) is 3.81. The maximum Gasteiger partial charge on any atom is 0.367 e. The summed E-state index contributed by atoms with van der Waals surface area (Å²) < 4.78 is 21.0. The molecular formula is C5H10BrO3P. The van der Waals surface area contributed by atoms with E-state index in [1.165, 1.54) is 7.11 Å². The van der Waals surface area contributed by atoms with Crippen LogP contribution in [0.15, 0.2) is 10.8 Å². The molecule has 0 bridgehead atoms. The van der Waals surface area contributed by atoms with Crippen LogP contribution in [0.25, 0.3) is 0 Å². The van der Waals surface area contributed by atoms with Gasteiger partial charge in [-0.05, 0) is 22.9 Å². The Kier molecular flexibility index (Phi) is 4.45. The van der Waals surface area contributed by atoms with Crippen molar-refractivity contribution in [3.63, 3.8) is 0 Å². The molecule has 0 rings (SSSR count). The zero-order valence-corrected chi connectivity index (χ0v) is 8.44. The highest BCUT2D eigenvalue weighted by molar-refractivity contribution is 9.13. The lowest BCUT2D eigenvalue weighted by Gasteiger charge is -2.12. The average Bonchev–Trinajstić information content (AvgIpc) is 1.88. The van der Waals surface area contributed by atoms with Crippen molar-refractivity contribution in [2.45, 2.75) is 6.92 Å². The predicted octanol–water partition coefficient (Wildman–Crippen LogP) is 2.73. The van der Waals surface area contributed by atoms with Gasteiger partial charge in [0.25, 0.3) is 0 Å². The molecule has 10 heavy (non-hydrogen) atoms. The van der Waals surface area contributed by atoms with Crippen LogP contribution in [-0.2, 0) is 13.6 Å². The third kappa shape index (κ3) is 2.54. The average molecular weight is 229 g/mol. The first-order chi connectivity index (χ1) is 4.56. The molecule has 0 radical (unpaired) electrons. The number of rotatable bonds is 4. The molecule has 0 aromatic rings. The van der Waals surface area contributed by atoms with E-state index in [4.69, 9.17) is 4.52 Å². The van der Waals surface area contributed by atoms with Crippen LogP contribution in [0.1, 0.15) is 6.92 Å². The Bertz CT molecular complexity index is 168. The summed E-state index contributed by atoms with van der Waals surface area (Å²) in [6.45, 7) is 5.50. The molecule has 0 N–H and O–H groups in total. The van der Waals surface area contributed by atoms with Crippen LogP contribution >= 0.6 is 23.5 Å². The molecule has 5 heteroatoms. The molecule has 0 aliphatic carbocycles. The van der Waals surface area contributed by atoms with Gasteiger partial charge in [0.1, 0.15) is 0 Å². The smallest absolute Gasteiger partial charge is 0.308 e. The summed E-state index contributed by atoms with van der Waals surface area (Å²) in [5, 5.41) is 0. The lowest BCUT2D eigenvalue weighted by molar-refractivity contribution is 0.253. The van der Waals surface area contributed by atoms with Crippen LogP contribution in [0.3, 0.4) is 0 Å². The molecular weight excluding hydrogens is 219 g/mol. The largest absolute Gasteiger partial charge is 0.367 e. The van der Waals surface area contributed by atoms with Gasteiger partial charge in [-0.3, -0.25) is 4.57 Å². The molecule has 0 aliphatic rings. The molecule has 0 aromatic heterocycles. The van der Waals surface area contributed by atoms with Gasteiger partial charge in [0, 0.05) is 7.11 Å². The Morgan fingerprint density at radius 1 is 1.80 bits per heavy atom. The van der Waals surface area contributed by atoms with Crippen molar-refractivity contribution >= 4 is 23.5 Å². The Morgan fingerprint density at radius 2 is 2.30 bits per heavy atom. The van der Waals surface area contributed by atoms with Crippen LogP contribution in [0, 0.1) is 0 Å². The van der Waals surface area contributed by atoms with Crippen molar-refractivity contribution < 1.29 is 13.6 Å². The molecule has 1 atom stereocenters. The van der Waals surface area contributed by atoms with E-state index in [1.54, 1.807) is 6.92 Å². The van der Waals surface area contributed by atoms with Gasteiger partial charge in [-0.2, -0.15) is 0 Å². The second-order valence-electron chi connectivity index (χ2n) is 1.47. The number of halogens is 1. The van der Waals surface area contributed by atoms with Gasteiger partial charge >= 0.3 is 7.60 Å². The highest BCUT2D eigenvalue weighted by atomic mass is 79.9. The summed E-state index contributed by atoms with van der Waals surface area (Å²) in [6.07, 6.45) is 0.